The van der Waals surface area contributed by atoms with Crippen LogP contribution in [0.25, 0.3) is 11.3 Å². The van der Waals surface area contributed by atoms with E-state index in [9.17, 15) is 24.5 Å². The second-order valence-electron chi connectivity index (χ2n) is 6.66. The highest BCUT2D eigenvalue weighted by Crippen LogP contribution is 2.26. The molecule has 0 aliphatic rings. The van der Waals surface area contributed by atoms with E-state index in [-0.39, 0.29) is 39.1 Å². The maximum Gasteiger partial charge on any atom is 0.337 e. The van der Waals surface area contributed by atoms with Gasteiger partial charge >= 0.3 is 11.9 Å². The number of carbonyl (C=O) groups is 3. The summed E-state index contributed by atoms with van der Waals surface area (Å²) in [6.07, 6.45) is 0. The predicted molar refractivity (Wildman–Crippen MR) is 124 cm³/mol. The van der Waals surface area contributed by atoms with Crippen LogP contribution in [0.5, 0.6) is 0 Å². The third-order valence-electron chi connectivity index (χ3n) is 4.43. The molecular formula is C22H17N3O8S. The fourth-order valence-corrected chi connectivity index (χ4v) is 3.10. The van der Waals surface area contributed by atoms with Crippen molar-refractivity contribution in [3.8, 4) is 11.3 Å². The number of nitro groups is 1. The Morgan fingerprint density at radius 2 is 1.62 bits per heavy atom. The monoisotopic (exact) mass is 483 g/mol. The fourth-order valence-electron chi connectivity index (χ4n) is 2.89. The van der Waals surface area contributed by atoms with Gasteiger partial charge in [0.2, 0.25) is 0 Å². The molecule has 11 nitrogen and oxygen atoms in total. The summed E-state index contributed by atoms with van der Waals surface area (Å²) < 4.78 is 14.9. The molecular weight excluding hydrogens is 466 g/mol. The Kier molecular flexibility index (Phi) is 7.33. The van der Waals surface area contributed by atoms with Crippen molar-refractivity contribution in [2.45, 2.75) is 0 Å². The molecule has 0 atom stereocenters. The summed E-state index contributed by atoms with van der Waals surface area (Å²) in [5, 5.41) is 15.9. The zero-order valence-corrected chi connectivity index (χ0v) is 18.6. The molecule has 0 fully saturated rings. The first-order valence-electron chi connectivity index (χ1n) is 9.50. The first-order valence-corrected chi connectivity index (χ1v) is 9.91. The zero-order valence-electron chi connectivity index (χ0n) is 17.8. The lowest BCUT2D eigenvalue weighted by molar-refractivity contribution is -0.384. The van der Waals surface area contributed by atoms with E-state index in [0.717, 1.165) is 0 Å². The summed E-state index contributed by atoms with van der Waals surface area (Å²) >= 11 is 5.14. The van der Waals surface area contributed by atoms with Crippen molar-refractivity contribution in [1.82, 2.24) is 5.32 Å². The van der Waals surface area contributed by atoms with Gasteiger partial charge in [-0.25, -0.2) is 9.59 Å². The number of nitro benzene ring substituents is 1. The number of furan rings is 1. The molecule has 174 valence electrons. The first kappa shape index (κ1) is 24.1. The third-order valence-corrected chi connectivity index (χ3v) is 4.64. The van der Waals surface area contributed by atoms with Crippen LogP contribution in [0.3, 0.4) is 0 Å². The normalized spacial score (nSPS) is 10.2. The first-order chi connectivity index (χ1) is 16.2. The average molecular weight is 483 g/mol. The fraction of sp³-hybridized carbons (Fsp3) is 0.0909. The van der Waals surface area contributed by atoms with Gasteiger partial charge in [0.1, 0.15) is 5.76 Å². The van der Waals surface area contributed by atoms with E-state index in [1.807, 2.05) is 0 Å². The Hall–Kier alpha value is -4.58. The minimum atomic E-state index is -0.688. The van der Waals surface area contributed by atoms with E-state index in [0.29, 0.717) is 5.56 Å². The molecule has 0 unspecified atom stereocenters. The number of thiocarbonyl (C=S) groups is 1. The molecule has 3 aromatic rings. The average Bonchev–Trinajstić information content (AvgIpc) is 3.33. The number of anilines is 1. The predicted octanol–water partition coefficient (Wildman–Crippen LogP) is 3.55. The second-order valence-corrected chi connectivity index (χ2v) is 7.07. The van der Waals surface area contributed by atoms with Crippen molar-refractivity contribution in [3.63, 3.8) is 0 Å². The summed E-state index contributed by atoms with van der Waals surface area (Å²) in [5.74, 6) is -1.90. The number of ether oxygens (including phenoxy) is 2. The summed E-state index contributed by atoms with van der Waals surface area (Å²) in [5.41, 5.74) is 0.657. The van der Waals surface area contributed by atoms with Crippen LogP contribution < -0.4 is 10.6 Å². The van der Waals surface area contributed by atoms with Crippen molar-refractivity contribution in [3.05, 3.63) is 81.6 Å². The lowest BCUT2D eigenvalue weighted by Gasteiger charge is -2.11. The Morgan fingerprint density at radius 1 is 0.971 bits per heavy atom. The number of non-ortho nitro benzene ring substituents is 1. The molecule has 0 saturated carbocycles. The maximum atomic E-state index is 12.5. The minimum absolute atomic E-state index is 0.0645. The van der Waals surface area contributed by atoms with Gasteiger partial charge in [0.05, 0.1) is 30.3 Å². The van der Waals surface area contributed by atoms with E-state index in [1.165, 1.54) is 62.8 Å². The quantitative estimate of drug-likeness (QED) is 0.231. The second kappa shape index (κ2) is 10.4. The van der Waals surface area contributed by atoms with Crippen molar-refractivity contribution in [2.24, 2.45) is 0 Å². The van der Waals surface area contributed by atoms with Crippen LogP contribution in [-0.4, -0.2) is 42.1 Å². The minimum Gasteiger partial charge on any atom is -0.465 e. The molecule has 2 aromatic carbocycles. The smallest absolute Gasteiger partial charge is 0.337 e. The maximum absolute atomic E-state index is 12.5. The van der Waals surface area contributed by atoms with Crippen LogP contribution >= 0.6 is 12.2 Å². The molecule has 1 amide bonds. The van der Waals surface area contributed by atoms with Gasteiger partial charge in [0, 0.05) is 23.4 Å². The molecule has 0 saturated heterocycles. The van der Waals surface area contributed by atoms with Gasteiger partial charge < -0.3 is 19.2 Å². The summed E-state index contributed by atoms with van der Waals surface area (Å²) in [7, 11) is 2.38. The van der Waals surface area contributed by atoms with Gasteiger partial charge in [-0.05, 0) is 42.5 Å². The molecule has 1 heterocycles. The molecule has 1 aromatic heterocycles. The number of carbonyl (C=O) groups excluding carboxylic acids is 3. The van der Waals surface area contributed by atoms with Gasteiger partial charge in [0.15, 0.2) is 10.9 Å². The van der Waals surface area contributed by atoms with Crippen LogP contribution in [-0.2, 0) is 9.47 Å². The molecule has 0 radical (unpaired) electrons. The van der Waals surface area contributed by atoms with Crippen molar-refractivity contribution in [1.29, 1.82) is 0 Å². The summed E-state index contributed by atoms with van der Waals surface area (Å²) in [6, 6.07) is 12.7. The molecule has 12 heteroatoms. The van der Waals surface area contributed by atoms with Crippen LogP contribution in [0.1, 0.15) is 31.3 Å². The van der Waals surface area contributed by atoms with Gasteiger partial charge in [-0.1, -0.05) is 12.1 Å². The van der Waals surface area contributed by atoms with Crippen LogP contribution in [0.15, 0.2) is 59.0 Å². The number of amides is 1. The Balaban J connectivity index is 1.74. The van der Waals surface area contributed by atoms with E-state index in [2.05, 4.69) is 20.1 Å². The van der Waals surface area contributed by atoms with Crippen molar-refractivity contribution in [2.75, 3.05) is 19.5 Å². The number of hydrogen-bond donors (Lipinski definition) is 2. The van der Waals surface area contributed by atoms with Crippen LogP contribution in [0.2, 0.25) is 0 Å². The van der Waals surface area contributed by atoms with E-state index < -0.39 is 22.8 Å². The van der Waals surface area contributed by atoms with Gasteiger partial charge in [-0.15, -0.1) is 0 Å². The topological polar surface area (TPSA) is 150 Å². The number of methoxy groups -OCH3 is 2. The van der Waals surface area contributed by atoms with Crippen molar-refractivity contribution >= 4 is 46.6 Å². The number of nitrogens with zero attached hydrogens (tertiary/aromatic N) is 1. The Bertz CT molecular complexity index is 1270. The highest BCUT2D eigenvalue weighted by atomic mass is 32.1. The SMILES string of the molecule is COC(=O)c1cc(NC(=S)NC(=O)c2ccc(-c3cccc([N+](=O)[O-])c3)o2)cc(C(=O)OC)c1. The summed E-state index contributed by atoms with van der Waals surface area (Å²) in [6.45, 7) is 0. The lowest BCUT2D eigenvalue weighted by Crippen LogP contribution is -2.34. The van der Waals surface area contributed by atoms with Crippen LogP contribution in [0.4, 0.5) is 11.4 Å². The van der Waals surface area contributed by atoms with Crippen molar-refractivity contribution < 1.29 is 33.2 Å². The van der Waals surface area contributed by atoms with Gasteiger partial charge in [0.25, 0.3) is 11.6 Å². The van der Waals surface area contributed by atoms with E-state index >= 15 is 0 Å². The highest BCUT2D eigenvalue weighted by Gasteiger charge is 2.17. The van der Waals surface area contributed by atoms with Gasteiger partial charge in [-0.2, -0.15) is 0 Å². The Morgan fingerprint density at radius 3 is 2.21 bits per heavy atom. The standard InChI is InChI=1S/C22H17N3O8S/c1-31-20(27)13-8-14(21(28)32-2)10-15(9-13)23-22(34)24-19(26)18-7-6-17(33-18)12-4-3-5-16(11-12)25(29)30/h3-11H,1-2H3,(H2,23,24,26,34). The number of nitrogens with one attached hydrogen (secondary N) is 2. The number of benzene rings is 2. The molecule has 0 spiro atoms. The molecule has 0 aliphatic carbocycles. The molecule has 0 aliphatic heterocycles. The molecule has 3 rings (SSSR count). The van der Waals surface area contributed by atoms with E-state index in [1.54, 1.807) is 6.07 Å². The number of rotatable bonds is 6. The Labute approximate surface area is 197 Å². The van der Waals surface area contributed by atoms with E-state index in [4.69, 9.17) is 16.6 Å². The van der Waals surface area contributed by atoms with Crippen LogP contribution in [0, 0.1) is 10.1 Å². The van der Waals surface area contributed by atoms with Gasteiger partial charge in [-0.3, -0.25) is 20.2 Å². The largest absolute Gasteiger partial charge is 0.465 e. The third kappa shape index (κ3) is 5.61. The molecule has 0 bridgehead atoms. The summed E-state index contributed by atoms with van der Waals surface area (Å²) in [4.78, 5) is 46.7. The number of hydrogen-bond acceptors (Lipinski definition) is 9. The molecule has 34 heavy (non-hydrogen) atoms. The zero-order chi connectivity index (χ0) is 24.8. The highest BCUT2D eigenvalue weighted by molar-refractivity contribution is 7.80. The lowest BCUT2D eigenvalue weighted by atomic mass is 10.1. The number of esters is 2. The molecule has 2 N–H and O–H groups in total.